The van der Waals surface area contributed by atoms with Crippen LogP contribution in [0.4, 0.5) is 0 Å². The maximum absolute atomic E-state index is 5.34. The van der Waals surface area contributed by atoms with Crippen LogP contribution in [0.1, 0.15) is 25.7 Å². The normalized spacial score (nSPS) is 23.8. The van der Waals surface area contributed by atoms with E-state index in [4.69, 9.17) is 18.9 Å². The third kappa shape index (κ3) is 4.22. The van der Waals surface area contributed by atoms with Crippen molar-refractivity contribution in [2.24, 2.45) is 0 Å². The molecule has 0 aliphatic carbocycles. The van der Waals surface area contributed by atoms with Crippen molar-refractivity contribution in [1.82, 2.24) is 0 Å². The standard InChI is InChI=1S/C12H20O4/c1(3-5-11-13-7-8-14-11)2-4-6-12-15-9-10-16-12/h1-2,11-12H,3-10H2/b2-1-. The summed E-state index contributed by atoms with van der Waals surface area (Å²) >= 11 is 0. The van der Waals surface area contributed by atoms with E-state index < -0.39 is 0 Å². The molecule has 0 aromatic heterocycles. The predicted molar refractivity (Wildman–Crippen MR) is 59.0 cm³/mol. The van der Waals surface area contributed by atoms with Crippen LogP contribution in [0.25, 0.3) is 0 Å². The first-order chi connectivity index (χ1) is 7.95. The summed E-state index contributed by atoms with van der Waals surface area (Å²) in [6.07, 6.45) is 8.32. The monoisotopic (exact) mass is 228 g/mol. The zero-order chi connectivity index (χ0) is 11.1. The van der Waals surface area contributed by atoms with Crippen molar-refractivity contribution in [2.75, 3.05) is 26.4 Å². The Hall–Kier alpha value is -0.420. The molecule has 16 heavy (non-hydrogen) atoms. The lowest BCUT2D eigenvalue weighted by molar-refractivity contribution is -0.0466. The average molecular weight is 228 g/mol. The predicted octanol–water partition coefficient (Wildman–Crippen LogP) is 1.85. The van der Waals surface area contributed by atoms with E-state index in [9.17, 15) is 0 Å². The molecule has 4 heteroatoms. The number of hydrogen-bond acceptors (Lipinski definition) is 4. The summed E-state index contributed by atoms with van der Waals surface area (Å²) in [5, 5.41) is 0. The molecule has 2 aliphatic rings. The number of hydrogen-bond donors (Lipinski definition) is 0. The van der Waals surface area contributed by atoms with E-state index in [-0.39, 0.29) is 12.6 Å². The molecule has 4 nitrogen and oxygen atoms in total. The van der Waals surface area contributed by atoms with Gasteiger partial charge in [0.1, 0.15) is 0 Å². The summed E-state index contributed by atoms with van der Waals surface area (Å²) in [6.45, 7) is 2.96. The van der Waals surface area contributed by atoms with Crippen molar-refractivity contribution in [1.29, 1.82) is 0 Å². The Labute approximate surface area is 96.5 Å². The fraction of sp³-hybridized carbons (Fsp3) is 0.833. The van der Waals surface area contributed by atoms with E-state index in [0.717, 1.165) is 52.1 Å². The minimum absolute atomic E-state index is 0.0196. The highest BCUT2D eigenvalue weighted by molar-refractivity contribution is 4.82. The Bertz CT molecular complexity index is 183. The highest BCUT2D eigenvalue weighted by Gasteiger charge is 2.15. The lowest BCUT2D eigenvalue weighted by Crippen LogP contribution is -2.06. The second-order valence-electron chi connectivity index (χ2n) is 3.97. The molecule has 2 rings (SSSR count). The van der Waals surface area contributed by atoms with E-state index >= 15 is 0 Å². The molecule has 92 valence electrons. The molecule has 2 heterocycles. The molecule has 0 unspecified atom stereocenters. The zero-order valence-corrected chi connectivity index (χ0v) is 9.60. The second kappa shape index (κ2) is 7.01. The largest absolute Gasteiger partial charge is 0.350 e. The van der Waals surface area contributed by atoms with Crippen molar-refractivity contribution < 1.29 is 18.9 Å². The van der Waals surface area contributed by atoms with E-state index in [1.807, 2.05) is 0 Å². The van der Waals surface area contributed by atoms with Gasteiger partial charge < -0.3 is 18.9 Å². The molecule has 0 aromatic rings. The van der Waals surface area contributed by atoms with Crippen LogP contribution in [-0.2, 0) is 18.9 Å². The molecule has 0 bridgehead atoms. The van der Waals surface area contributed by atoms with Gasteiger partial charge in [0.05, 0.1) is 26.4 Å². The molecule has 0 saturated carbocycles. The first kappa shape index (κ1) is 12.0. The van der Waals surface area contributed by atoms with Gasteiger partial charge in [-0.3, -0.25) is 0 Å². The number of rotatable bonds is 6. The summed E-state index contributed by atoms with van der Waals surface area (Å²) in [5.41, 5.74) is 0. The zero-order valence-electron chi connectivity index (χ0n) is 9.60. The van der Waals surface area contributed by atoms with Crippen molar-refractivity contribution >= 4 is 0 Å². The van der Waals surface area contributed by atoms with Gasteiger partial charge in [-0.2, -0.15) is 0 Å². The van der Waals surface area contributed by atoms with Crippen molar-refractivity contribution in [3.05, 3.63) is 12.2 Å². The summed E-state index contributed by atoms with van der Waals surface area (Å²) < 4.78 is 21.4. The fourth-order valence-corrected chi connectivity index (χ4v) is 1.85. The van der Waals surface area contributed by atoms with Crippen LogP contribution in [0.15, 0.2) is 12.2 Å². The Morgan fingerprint density at radius 3 is 1.44 bits per heavy atom. The van der Waals surface area contributed by atoms with Crippen LogP contribution >= 0.6 is 0 Å². The second-order valence-corrected chi connectivity index (χ2v) is 3.97. The highest BCUT2D eigenvalue weighted by atomic mass is 16.7. The summed E-state index contributed by atoms with van der Waals surface area (Å²) in [5.74, 6) is 0. The van der Waals surface area contributed by atoms with E-state index in [1.54, 1.807) is 0 Å². The molecule has 0 spiro atoms. The molecule has 0 N–H and O–H groups in total. The van der Waals surface area contributed by atoms with Gasteiger partial charge in [0.2, 0.25) is 0 Å². The average Bonchev–Trinajstić information content (AvgIpc) is 2.96. The first-order valence-electron chi connectivity index (χ1n) is 6.06. The molecular formula is C12H20O4. The molecule has 0 radical (unpaired) electrons. The molecule has 0 aromatic carbocycles. The van der Waals surface area contributed by atoms with Crippen LogP contribution < -0.4 is 0 Å². The topological polar surface area (TPSA) is 36.9 Å². The van der Waals surface area contributed by atoms with E-state index in [2.05, 4.69) is 12.2 Å². The Balaban J connectivity index is 1.45. The van der Waals surface area contributed by atoms with Crippen LogP contribution in [0.3, 0.4) is 0 Å². The number of allylic oxidation sites excluding steroid dienone is 2. The Kier molecular flexibility index (Phi) is 5.28. The van der Waals surface area contributed by atoms with Gasteiger partial charge in [-0.15, -0.1) is 0 Å². The quantitative estimate of drug-likeness (QED) is 0.650. The van der Waals surface area contributed by atoms with Gasteiger partial charge in [-0.25, -0.2) is 0 Å². The highest BCUT2D eigenvalue weighted by Crippen LogP contribution is 2.12. The van der Waals surface area contributed by atoms with Gasteiger partial charge in [0.15, 0.2) is 12.6 Å². The summed E-state index contributed by atoms with van der Waals surface area (Å²) in [7, 11) is 0. The third-order valence-electron chi connectivity index (χ3n) is 2.69. The van der Waals surface area contributed by atoms with Gasteiger partial charge in [0, 0.05) is 12.8 Å². The summed E-state index contributed by atoms with van der Waals surface area (Å²) in [4.78, 5) is 0. The SMILES string of the molecule is C(=C/CCC1OCCO1)/CCC1OCCO1. The van der Waals surface area contributed by atoms with Crippen LogP contribution in [0, 0.1) is 0 Å². The smallest absolute Gasteiger partial charge is 0.158 e. The molecule has 2 saturated heterocycles. The number of ether oxygens (including phenoxy) is 4. The maximum atomic E-state index is 5.34. The maximum Gasteiger partial charge on any atom is 0.158 e. The van der Waals surface area contributed by atoms with Crippen molar-refractivity contribution in [3.8, 4) is 0 Å². The first-order valence-corrected chi connectivity index (χ1v) is 6.06. The Morgan fingerprint density at radius 1 is 0.688 bits per heavy atom. The molecule has 0 atom stereocenters. The van der Waals surface area contributed by atoms with Crippen molar-refractivity contribution in [2.45, 2.75) is 38.3 Å². The lowest BCUT2D eigenvalue weighted by atomic mass is 10.2. The molecular weight excluding hydrogens is 208 g/mol. The Morgan fingerprint density at radius 2 is 1.06 bits per heavy atom. The fourth-order valence-electron chi connectivity index (χ4n) is 1.85. The van der Waals surface area contributed by atoms with Crippen LogP contribution in [-0.4, -0.2) is 39.0 Å². The minimum atomic E-state index is 0.0196. The van der Waals surface area contributed by atoms with Gasteiger partial charge in [0.25, 0.3) is 0 Å². The molecule has 2 aliphatic heterocycles. The molecule has 0 amide bonds. The van der Waals surface area contributed by atoms with Crippen molar-refractivity contribution in [3.63, 3.8) is 0 Å². The molecule has 2 fully saturated rings. The van der Waals surface area contributed by atoms with Gasteiger partial charge in [-0.05, 0) is 12.8 Å². The minimum Gasteiger partial charge on any atom is -0.350 e. The lowest BCUT2D eigenvalue weighted by Gasteiger charge is -2.06. The van der Waals surface area contributed by atoms with Crippen LogP contribution in [0.5, 0.6) is 0 Å². The third-order valence-corrected chi connectivity index (χ3v) is 2.69. The van der Waals surface area contributed by atoms with E-state index in [1.165, 1.54) is 0 Å². The van der Waals surface area contributed by atoms with E-state index in [0.29, 0.717) is 0 Å². The van der Waals surface area contributed by atoms with Gasteiger partial charge >= 0.3 is 0 Å². The van der Waals surface area contributed by atoms with Gasteiger partial charge in [-0.1, -0.05) is 12.2 Å². The summed E-state index contributed by atoms with van der Waals surface area (Å²) in [6, 6.07) is 0. The van der Waals surface area contributed by atoms with Crippen LogP contribution in [0.2, 0.25) is 0 Å².